The Bertz CT molecular complexity index is 657. The van der Waals surface area contributed by atoms with Gasteiger partial charge in [0.25, 0.3) is 0 Å². The first-order chi connectivity index (χ1) is 9.75. The van der Waals surface area contributed by atoms with Crippen LogP contribution in [-0.2, 0) is 12.7 Å². The van der Waals surface area contributed by atoms with Crippen LogP contribution in [0.25, 0.3) is 5.69 Å². The predicted molar refractivity (Wildman–Crippen MR) is 75.5 cm³/mol. The zero-order chi connectivity index (χ0) is 15.8. The molecule has 0 saturated carbocycles. The molecule has 114 valence electrons. The number of nitrogens with one attached hydrogen (secondary N) is 1. The Balaban J connectivity index is 2.65. The second-order valence-corrected chi connectivity index (χ2v) is 5.09. The lowest BCUT2D eigenvalue weighted by Gasteiger charge is -2.15. The fourth-order valence-electron chi connectivity index (χ4n) is 2.26. The Morgan fingerprint density at radius 3 is 2.33 bits per heavy atom. The summed E-state index contributed by atoms with van der Waals surface area (Å²) in [6.07, 6.45) is -4.42. The number of nitrogens with zero attached hydrogens (tertiary/aromatic N) is 2. The Kier molecular flexibility index (Phi) is 4.09. The second-order valence-electron chi connectivity index (χ2n) is 5.09. The van der Waals surface area contributed by atoms with Crippen LogP contribution in [0.15, 0.2) is 18.2 Å². The molecular formula is C15H18F3N3. The Labute approximate surface area is 121 Å². The molecule has 0 atom stereocenters. The molecule has 1 aromatic carbocycles. The summed E-state index contributed by atoms with van der Waals surface area (Å²) in [7, 11) is 1.70. The van der Waals surface area contributed by atoms with Gasteiger partial charge in [-0.05, 0) is 51.1 Å². The molecule has 0 bridgehead atoms. The summed E-state index contributed by atoms with van der Waals surface area (Å²) >= 11 is 0. The molecule has 0 aliphatic heterocycles. The van der Waals surface area contributed by atoms with E-state index in [2.05, 4.69) is 10.4 Å². The van der Waals surface area contributed by atoms with E-state index in [0.29, 0.717) is 12.1 Å². The molecule has 0 unspecified atom stereocenters. The highest BCUT2D eigenvalue weighted by Gasteiger charge is 2.35. The van der Waals surface area contributed by atoms with Gasteiger partial charge in [-0.1, -0.05) is 6.07 Å². The van der Waals surface area contributed by atoms with E-state index in [1.807, 2.05) is 6.92 Å². The van der Waals surface area contributed by atoms with Crippen molar-refractivity contribution in [1.29, 1.82) is 0 Å². The van der Waals surface area contributed by atoms with Crippen LogP contribution in [0.2, 0.25) is 0 Å². The molecule has 1 N–H and O–H groups in total. The number of hydrogen-bond donors (Lipinski definition) is 1. The maximum atomic E-state index is 13.3. The third-order valence-corrected chi connectivity index (χ3v) is 3.63. The maximum Gasteiger partial charge on any atom is 0.418 e. The standard InChI is InChI=1S/C15H18F3N3/c1-9-10(2)20-21(11(9)3)14-6-5-12(8-19-4)7-13(14)15(16,17)18/h5-7,19H,8H2,1-4H3. The van der Waals surface area contributed by atoms with Crippen molar-refractivity contribution in [3.63, 3.8) is 0 Å². The summed E-state index contributed by atoms with van der Waals surface area (Å²) in [6, 6.07) is 4.35. The molecule has 2 aromatic rings. The fraction of sp³-hybridized carbons (Fsp3) is 0.400. The second kappa shape index (κ2) is 5.52. The van der Waals surface area contributed by atoms with Crippen molar-refractivity contribution >= 4 is 0 Å². The van der Waals surface area contributed by atoms with E-state index in [9.17, 15) is 13.2 Å². The number of rotatable bonds is 3. The molecule has 0 amide bonds. The number of benzene rings is 1. The Morgan fingerprint density at radius 1 is 1.19 bits per heavy atom. The molecule has 0 saturated heterocycles. The third-order valence-electron chi connectivity index (χ3n) is 3.63. The zero-order valence-corrected chi connectivity index (χ0v) is 12.5. The molecule has 1 aromatic heterocycles. The molecular weight excluding hydrogens is 279 g/mol. The lowest BCUT2D eigenvalue weighted by atomic mass is 10.1. The van der Waals surface area contributed by atoms with E-state index >= 15 is 0 Å². The van der Waals surface area contributed by atoms with Gasteiger partial charge in [-0.15, -0.1) is 0 Å². The molecule has 21 heavy (non-hydrogen) atoms. The van der Waals surface area contributed by atoms with Crippen molar-refractivity contribution in [3.8, 4) is 5.69 Å². The molecule has 2 rings (SSSR count). The van der Waals surface area contributed by atoms with E-state index in [4.69, 9.17) is 0 Å². The van der Waals surface area contributed by atoms with Gasteiger partial charge >= 0.3 is 6.18 Å². The monoisotopic (exact) mass is 297 g/mol. The van der Waals surface area contributed by atoms with Crippen LogP contribution < -0.4 is 5.32 Å². The first-order valence-electron chi connectivity index (χ1n) is 6.63. The average Bonchev–Trinajstić information content (AvgIpc) is 2.66. The molecule has 3 nitrogen and oxygen atoms in total. The van der Waals surface area contributed by atoms with Crippen LogP contribution in [0.3, 0.4) is 0 Å². The summed E-state index contributed by atoms with van der Waals surface area (Å²) in [4.78, 5) is 0. The molecule has 0 radical (unpaired) electrons. The van der Waals surface area contributed by atoms with E-state index in [1.165, 1.54) is 16.8 Å². The van der Waals surface area contributed by atoms with Crippen molar-refractivity contribution in [2.75, 3.05) is 7.05 Å². The van der Waals surface area contributed by atoms with Gasteiger partial charge in [-0.25, -0.2) is 4.68 Å². The van der Waals surface area contributed by atoms with Crippen LogP contribution in [0.1, 0.15) is 28.1 Å². The smallest absolute Gasteiger partial charge is 0.316 e. The molecule has 0 fully saturated rings. The van der Waals surface area contributed by atoms with Gasteiger partial charge in [0.2, 0.25) is 0 Å². The van der Waals surface area contributed by atoms with Crippen molar-refractivity contribution in [3.05, 3.63) is 46.3 Å². The van der Waals surface area contributed by atoms with Gasteiger partial charge in [0.1, 0.15) is 0 Å². The topological polar surface area (TPSA) is 29.9 Å². The van der Waals surface area contributed by atoms with Crippen molar-refractivity contribution in [2.24, 2.45) is 0 Å². The third kappa shape index (κ3) is 2.95. The van der Waals surface area contributed by atoms with Crippen molar-refractivity contribution < 1.29 is 13.2 Å². The van der Waals surface area contributed by atoms with Crippen LogP contribution in [-0.4, -0.2) is 16.8 Å². The molecule has 0 aliphatic carbocycles. The highest BCUT2D eigenvalue weighted by atomic mass is 19.4. The first-order valence-corrected chi connectivity index (χ1v) is 6.63. The van der Waals surface area contributed by atoms with Gasteiger partial charge in [0.15, 0.2) is 0 Å². The largest absolute Gasteiger partial charge is 0.418 e. The summed E-state index contributed by atoms with van der Waals surface area (Å²) < 4.78 is 41.4. The Morgan fingerprint density at radius 2 is 1.86 bits per heavy atom. The fourth-order valence-corrected chi connectivity index (χ4v) is 2.26. The van der Waals surface area contributed by atoms with E-state index < -0.39 is 11.7 Å². The predicted octanol–water partition coefficient (Wildman–Crippen LogP) is 3.54. The van der Waals surface area contributed by atoms with Crippen molar-refractivity contribution in [2.45, 2.75) is 33.5 Å². The summed E-state index contributed by atoms with van der Waals surface area (Å²) in [6.45, 7) is 5.81. The van der Waals surface area contributed by atoms with E-state index in [-0.39, 0.29) is 5.69 Å². The lowest BCUT2D eigenvalue weighted by Crippen LogP contribution is -2.14. The van der Waals surface area contributed by atoms with Crippen LogP contribution in [0, 0.1) is 20.8 Å². The molecule has 0 spiro atoms. The summed E-state index contributed by atoms with van der Waals surface area (Å²) in [5, 5.41) is 7.09. The van der Waals surface area contributed by atoms with Gasteiger partial charge in [0.05, 0.1) is 16.9 Å². The van der Waals surface area contributed by atoms with Crippen molar-refractivity contribution in [1.82, 2.24) is 15.1 Å². The normalized spacial score (nSPS) is 12.0. The van der Waals surface area contributed by atoms with Gasteiger partial charge in [0, 0.05) is 12.2 Å². The van der Waals surface area contributed by atoms with Crippen LogP contribution in [0.5, 0.6) is 0 Å². The minimum absolute atomic E-state index is 0.0658. The maximum absolute atomic E-state index is 13.3. The Hall–Kier alpha value is -1.82. The lowest BCUT2D eigenvalue weighted by molar-refractivity contribution is -0.137. The minimum Gasteiger partial charge on any atom is -0.316 e. The summed E-state index contributed by atoms with van der Waals surface area (Å²) in [5.41, 5.74) is 2.35. The number of halogens is 3. The van der Waals surface area contributed by atoms with Gasteiger partial charge in [-0.2, -0.15) is 18.3 Å². The van der Waals surface area contributed by atoms with Crippen LogP contribution in [0.4, 0.5) is 13.2 Å². The minimum atomic E-state index is -4.42. The first kappa shape index (κ1) is 15.6. The van der Waals surface area contributed by atoms with E-state index in [1.54, 1.807) is 27.0 Å². The number of hydrogen-bond acceptors (Lipinski definition) is 2. The van der Waals surface area contributed by atoms with E-state index in [0.717, 1.165) is 17.0 Å². The molecule has 1 heterocycles. The highest BCUT2D eigenvalue weighted by molar-refractivity contribution is 5.47. The number of alkyl halides is 3. The van der Waals surface area contributed by atoms with Gasteiger partial charge in [-0.3, -0.25) is 0 Å². The summed E-state index contributed by atoms with van der Waals surface area (Å²) in [5.74, 6) is 0. The highest BCUT2D eigenvalue weighted by Crippen LogP contribution is 2.35. The van der Waals surface area contributed by atoms with Crippen LogP contribution >= 0.6 is 0 Å². The quantitative estimate of drug-likeness (QED) is 0.939. The zero-order valence-electron chi connectivity index (χ0n) is 12.5. The number of aromatic nitrogens is 2. The average molecular weight is 297 g/mol. The van der Waals surface area contributed by atoms with Gasteiger partial charge < -0.3 is 5.32 Å². The SMILES string of the molecule is CNCc1ccc(-n2nc(C)c(C)c2C)c(C(F)(F)F)c1. The molecule has 0 aliphatic rings. The molecule has 6 heteroatoms. The number of aryl methyl sites for hydroxylation is 1.